The highest BCUT2D eigenvalue weighted by Gasteiger charge is 2.22. The number of anilines is 1. The maximum absolute atomic E-state index is 5.53. The highest BCUT2D eigenvalue weighted by atomic mass is 32.1. The van der Waals surface area contributed by atoms with Crippen molar-refractivity contribution in [1.82, 2.24) is 5.32 Å². The molecule has 0 aromatic heterocycles. The lowest BCUT2D eigenvalue weighted by atomic mass is 10.0. The Labute approximate surface area is 169 Å². The molecule has 0 radical (unpaired) electrons. The highest BCUT2D eigenvalue weighted by molar-refractivity contribution is 7.80. The lowest BCUT2D eigenvalue weighted by molar-refractivity contribution is -0.918. The number of unbranched alkanes of at least 4 members (excludes halogenated alkanes) is 1. The SMILES string of the molecule is CCCCc1ccc(NC(=S)NC2CC[NH+](Cc3ccccc3)CC2)cc1. The number of aryl methyl sites for hydroxylation is 1. The van der Waals surface area contributed by atoms with Gasteiger partial charge < -0.3 is 15.5 Å². The molecule has 0 spiro atoms. The Morgan fingerprint density at radius 1 is 1.00 bits per heavy atom. The van der Waals surface area contributed by atoms with Gasteiger partial charge in [0.15, 0.2) is 5.11 Å². The fraction of sp³-hybridized carbons (Fsp3) is 0.435. The second-order valence-corrected chi connectivity index (χ2v) is 7.99. The molecular formula is C23H32N3S+. The van der Waals surface area contributed by atoms with Crippen LogP contribution in [-0.2, 0) is 13.0 Å². The summed E-state index contributed by atoms with van der Waals surface area (Å²) in [6.45, 7) is 5.75. The van der Waals surface area contributed by atoms with Gasteiger partial charge in [-0.15, -0.1) is 0 Å². The first-order chi connectivity index (χ1) is 13.2. The van der Waals surface area contributed by atoms with E-state index >= 15 is 0 Å². The van der Waals surface area contributed by atoms with Crippen LogP contribution in [0.3, 0.4) is 0 Å². The average Bonchev–Trinajstić information content (AvgIpc) is 2.70. The predicted molar refractivity (Wildman–Crippen MR) is 118 cm³/mol. The molecule has 0 saturated carbocycles. The molecule has 2 aromatic carbocycles. The van der Waals surface area contributed by atoms with Gasteiger partial charge in [-0.25, -0.2) is 0 Å². The third-order valence-electron chi connectivity index (χ3n) is 5.36. The van der Waals surface area contributed by atoms with Crippen LogP contribution in [0, 0.1) is 0 Å². The van der Waals surface area contributed by atoms with E-state index in [0.717, 1.165) is 23.8 Å². The van der Waals surface area contributed by atoms with Crippen LogP contribution in [0.25, 0.3) is 0 Å². The first kappa shape index (κ1) is 19.8. The summed E-state index contributed by atoms with van der Waals surface area (Å²) < 4.78 is 0. The summed E-state index contributed by atoms with van der Waals surface area (Å²) in [6.07, 6.45) is 5.97. The van der Waals surface area contributed by atoms with Crippen LogP contribution in [0.4, 0.5) is 5.69 Å². The molecule has 2 aromatic rings. The molecule has 3 N–H and O–H groups in total. The minimum absolute atomic E-state index is 0.480. The standard InChI is InChI=1S/C23H31N3S/c1-2-3-7-19-10-12-21(13-11-19)24-23(27)25-22-14-16-26(17-15-22)18-20-8-5-4-6-9-20/h4-6,8-13,22H,2-3,7,14-18H2,1H3,(H2,24,25,27)/p+1. The fourth-order valence-electron chi connectivity index (χ4n) is 3.72. The molecule has 4 heteroatoms. The number of hydrogen-bond donors (Lipinski definition) is 3. The summed E-state index contributed by atoms with van der Waals surface area (Å²) in [6, 6.07) is 19.9. The minimum atomic E-state index is 0.480. The maximum Gasteiger partial charge on any atom is 0.171 e. The smallest absolute Gasteiger partial charge is 0.171 e. The first-order valence-electron chi connectivity index (χ1n) is 10.3. The zero-order valence-corrected chi connectivity index (χ0v) is 17.2. The van der Waals surface area contributed by atoms with Crippen molar-refractivity contribution >= 4 is 23.0 Å². The molecule has 0 aliphatic carbocycles. The van der Waals surface area contributed by atoms with Gasteiger partial charge in [-0.05, 0) is 42.8 Å². The van der Waals surface area contributed by atoms with Gasteiger partial charge in [0.1, 0.15) is 6.54 Å². The molecule has 1 fully saturated rings. The Bertz CT molecular complexity index is 691. The molecule has 0 unspecified atom stereocenters. The van der Waals surface area contributed by atoms with Crippen molar-refractivity contribution < 1.29 is 4.90 Å². The number of likely N-dealkylation sites (tertiary alicyclic amines) is 1. The summed E-state index contributed by atoms with van der Waals surface area (Å²) in [4.78, 5) is 1.67. The molecule has 1 heterocycles. The number of piperidine rings is 1. The van der Waals surface area contributed by atoms with Gasteiger partial charge in [0.05, 0.1) is 13.1 Å². The van der Waals surface area contributed by atoms with Crippen molar-refractivity contribution in [1.29, 1.82) is 0 Å². The average molecular weight is 383 g/mol. The topological polar surface area (TPSA) is 28.5 Å². The normalized spacial score (nSPS) is 19.4. The molecule has 3 rings (SSSR count). The molecular weight excluding hydrogens is 350 g/mol. The summed E-state index contributed by atoms with van der Waals surface area (Å²) in [7, 11) is 0. The van der Waals surface area contributed by atoms with Crippen LogP contribution >= 0.6 is 12.2 Å². The van der Waals surface area contributed by atoms with E-state index in [2.05, 4.69) is 72.2 Å². The van der Waals surface area contributed by atoms with E-state index in [1.807, 2.05) is 0 Å². The van der Waals surface area contributed by atoms with E-state index < -0.39 is 0 Å². The van der Waals surface area contributed by atoms with Crippen molar-refractivity contribution in [3.05, 3.63) is 65.7 Å². The number of quaternary nitrogens is 1. The van der Waals surface area contributed by atoms with Gasteiger partial charge in [-0.1, -0.05) is 55.8 Å². The Morgan fingerprint density at radius 3 is 2.37 bits per heavy atom. The molecule has 27 heavy (non-hydrogen) atoms. The molecule has 1 saturated heterocycles. The van der Waals surface area contributed by atoms with Crippen molar-refractivity contribution in [2.45, 2.75) is 51.6 Å². The first-order valence-corrected chi connectivity index (χ1v) is 10.7. The van der Waals surface area contributed by atoms with E-state index in [-0.39, 0.29) is 0 Å². The molecule has 1 aliphatic rings. The van der Waals surface area contributed by atoms with Crippen molar-refractivity contribution in [2.24, 2.45) is 0 Å². The van der Waals surface area contributed by atoms with Crippen LogP contribution in [0.15, 0.2) is 54.6 Å². The number of rotatable bonds is 7. The van der Waals surface area contributed by atoms with Gasteiger partial charge >= 0.3 is 0 Å². The van der Waals surface area contributed by atoms with E-state index in [0.29, 0.717) is 6.04 Å². The number of nitrogens with one attached hydrogen (secondary N) is 3. The van der Waals surface area contributed by atoms with Crippen LogP contribution < -0.4 is 15.5 Å². The Hall–Kier alpha value is -1.91. The molecule has 0 amide bonds. The molecule has 0 atom stereocenters. The van der Waals surface area contributed by atoms with Crippen molar-refractivity contribution in [3.63, 3.8) is 0 Å². The number of hydrogen-bond acceptors (Lipinski definition) is 1. The van der Waals surface area contributed by atoms with Crippen LogP contribution in [0.1, 0.15) is 43.7 Å². The summed E-state index contributed by atoms with van der Waals surface area (Å²) in [5.74, 6) is 0. The van der Waals surface area contributed by atoms with E-state index in [1.54, 1.807) is 4.90 Å². The van der Waals surface area contributed by atoms with Gasteiger partial charge in [-0.3, -0.25) is 0 Å². The van der Waals surface area contributed by atoms with E-state index in [9.17, 15) is 0 Å². The van der Waals surface area contributed by atoms with Gasteiger partial charge in [0.2, 0.25) is 0 Å². The minimum Gasteiger partial charge on any atom is -0.359 e. The summed E-state index contributed by atoms with van der Waals surface area (Å²) in [5.41, 5.74) is 3.90. The largest absolute Gasteiger partial charge is 0.359 e. The van der Waals surface area contributed by atoms with Crippen molar-refractivity contribution in [2.75, 3.05) is 18.4 Å². The summed E-state index contributed by atoms with van der Waals surface area (Å²) >= 11 is 5.53. The lowest BCUT2D eigenvalue weighted by Crippen LogP contribution is -3.12. The Balaban J connectivity index is 1.39. The lowest BCUT2D eigenvalue weighted by Gasteiger charge is -2.30. The second kappa shape index (κ2) is 10.4. The molecule has 144 valence electrons. The second-order valence-electron chi connectivity index (χ2n) is 7.59. The van der Waals surface area contributed by atoms with Crippen molar-refractivity contribution in [3.8, 4) is 0 Å². The van der Waals surface area contributed by atoms with Crippen LogP contribution in [0.5, 0.6) is 0 Å². The number of benzene rings is 2. The third-order valence-corrected chi connectivity index (χ3v) is 5.58. The molecule has 3 nitrogen and oxygen atoms in total. The maximum atomic E-state index is 5.53. The number of thiocarbonyl (C=S) groups is 1. The zero-order chi connectivity index (χ0) is 18.9. The monoisotopic (exact) mass is 382 g/mol. The summed E-state index contributed by atoms with van der Waals surface area (Å²) in [5, 5.41) is 7.59. The third kappa shape index (κ3) is 6.64. The van der Waals surface area contributed by atoms with Gasteiger partial charge in [0, 0.05) is 30.1 Å². The van der Waals surface area contributed by atoms with E-state index in [4.69, 9.17) is 12.2 Å². The molecule has 0 bridgehead atoms. The highest BCUT2D eigenvalue weighted by Crippen LogP contribution is 2.12. The van der Waals surface area contributed by atoms with Crippen LogP contribution in [-0.4, -0.2) is 24.2 Å². The van der Waals surface area contributed by atoms with Gasteiger partial charge in [0.25, 0.3) is 0 Å². The van der Waals surface area contributed by atoms with E-state index in [1.165, 1.54) is 49.9 Å². The van der Waals surface area contributed by atoms with Crippen LogP contribution in [0.2, 0.25) is 0 Å². The van der Waals surface area contributed by atoms with Gasteiger partial charge in [-0.2, -0.15) is 0 Å². The Kier molecular flexibility index (Phi) is 7.66. The quantitative estimate of drug-likeness (QED) is 0.640. The molecule has 1 aliphatic heterocycles. The Morgan fingerprint density at radius 2 is 1.70 bits per heavy atom. The fourth-order valence-corrected chi connectivity index (χ4v) is 4.00. The predicted octanol–water partition coefficient (Wildman–Crippen LogP) is 3.56. The zero-order valence-electron chi connectivity index (χ0n) is 16.3.